The first kappa shape index (κ1) is 14.8. The largest absolute Gasteiger partial charge is 0.395 e. The number of benzene rings is 1. The van der Waals surface area contributed by atoms with Gasteiger partial charge in [-0.2, -0.15) is 0 Å². The Balaban J connectivity index is 2.52. The van der Waals surface area contributed by atoms with Crippen molar-refractivity contribution >= 4 is 5.78 Å². The van der Waals surface area contributed by atoms with Crippen LogP contribution in [0.2, 0.25) is 0 Å². The van der Waals surface area contributed by atoms with Gasteiger partial charge in [-0.25, -0.2) is 0 Å². The standard InChI is InChI=1S/C14H21NO3/c1-12-4-2-3-5-13(12)14(18)6-7-15(8-10-16)9-11-17/h2-5,16-17H,6-11H2,1H3. The molecule has 4 heteroatoms. The number of hydrogen-bond donors (Lipinski definition) is 2. The number of carbonyl (C=O) groups excluding carboxylic acids is 1. The number of carbonyl (C=O) groups is 1. The van der Waals surface area contributed by atoms with Gasteiger partial charge in [-0.15, -0.1) is 0 Å². The second-order valence-electron chi connectivity index (χ2n) is 4.28. The lowest BCUT2D eigenvalue weighted by Gasteiger charge is -2.19. The van der Waals surface area contributed by atoms with Gasteiger partial charge in [0.05, 0.1) is 13.2 Å². The van der Waals surface area contributed by atoms with Crippen molar-refractivity contribution < 1.29 is 15.0 Å². The molecule has 100 valence electrons. The molecule has 1 aromatic carbocycles. The predicted octanol–water partition coefficient (Wildman–Crippen LogP) is 0.854. The number of ketones is 1. The van der Waals surface area contributed by atoms with E-state index < -0.39 is 0 Å². The van der Waals surface area contributed by atoms with Crippen LogP contribution in [0.15, 0.2) is 24.3 Å². The van der Waals surface area contributed by atoms with Crippen LogP contribution in [0.25, 0.3) is 0 Å². The second kappa shape index (κ2) is 7.97. The lowest BCUT2D eigenvalue weighted by Crippen LogP contribution is -2.32. The molecule has 0 unspecified atom stereocenters. The van der Waals surface area contributed by atoms with E-state index >= 15 is 0 Å². The number of Topliss-reactive ketones (excluding diaryl/α,β-unsaturated/α-hetero) is 1. The summed E-state index contributed by atoms with van der Waals surface area (Å²) in [6.45, 7) is 3.54. The summed E-state index contributed by atoms with van der Waals surface area (Å²) in [6.07, 6.45) is 0.408. The normalized spacial score (nSPS) is 10.9. The van der Waals surface area contributed by atoms with Crippen LogP contribution in [0.4, 0.5) is 0 Å². The van der Waals surface area contributed by atoms with E-state index in [-0.39, 0.29) is 19.0 Å². The Labute approximate surface area is 108 Å². The first-order chi connectivity index (χ1) is 8.69. The molecule has 1 aromatic rings. The van der Waals surface area contributed by atoms with Crippen LogP contribution >= 0.6 is 0 Å². The molecule has 0 amide bonds. The molecule has 18 heavy (non-hydrogen) atoms. The van der Waals surface area contributed by atoms with Crippen molar-refractivity contribution in [1.29, 1.82) is 0 Å². The fourth-order valence-corrected chi connectivity index (χ4v) is 1.90. The molecular formula is C14H21NO3. The number of hydrogen-bond acceptors (Lipinski definition) is 4. The maximum Gasteiger partial charge on any atom is 0.164 e. The van der Waals surface area contributed by atoms with E-state index in [0.717, 1.165) is 11.1 Å². The quantitative estimate of drug-likeness (QED) is 0.673. The fourth-order valence-electron chi connectivity index (χ4n) is 1.90. The molecule has 0 heterocycles. The third kappa shape index (κ3) is 4.56. The van der Waals surface area contributed by atoms with Crippen LogP contribution in [0.5, 0.6) is 0 Å². The molecule has 0 aliphatic heterocycles. The van der Waals surface area contributed by atoms with Gasteiger partial charge in [-0.3, -0.25) is 9.69 Å². The summed E-state index contributed by atoms with van der Waals surface area (Å²) < 4.78 is 0. The topological polar surface area (TPSA) is 60.8 Å². The van der Waals surface area contributed by atoms with Gasteiger partial charge in [0.15, 0.2) is 5.78 Å². The summed E-state index contributed by atoms with van der Waals surface area (Å²) in [5, 5.41) is 17.8. The van der Waals surface area contributed by atoms with Crippen molar-refractivity contribution in [2.24, 2.45) is 0 Å². The zero-order valence-corrected chi connectivity index (χ0v) is 10.8. The van der Waals surface area contributed by atoms with Gasteiger partial charge in [0.1, 0.15) is 0 Å². The minimum absolute atomic E-state index is 0.0402. The molecule has 2 N–H and O–H groups in total. The third-order valence-electron chi connectivity index (χ3n) is 2.93. The summed E-state index contributed by atoms with van der Waals surface area (Å²) in [7, 11) is 0. The van der Waals surface area contributed by atoms with E-state index in [9.17, 15) is 4.79 Å². The average Bonchev–Trinajstić information content (AvgIpc) is 2.36. The first-order valence-corrected chi connectivity index (χ1v) is 6.22. The molecule has 0 saturated heterocycles. The highest BCUT2D eigenvalue weighted by molar-refractivity contribution is 5.97. The number of aliphatic hydroxyl groups is 2. The molecule has 0 aliphatic rings. The van der Waals surface area contributed by atoms with Crippen LogP contribution in [0.1, 0.15) is 22.3 Å². The van der Waals surface area contributed by atoms with Gasteiger partial charge >= 0.3 is 0 Å². The van der Waals surface area contributed by atoms with Crippen molar-refractivity contribution in [3.8, 4) is 0 Å². The molecule has 0 fully saturated rings. The van der Waals surface area contributed by atoms with Crippen LogP contribution in [-0.2, 0) is 0 Å². The molecular weight excluding hydrogens is 230 g/mol. The lowest BCUT2D eigenvalue weighted by atomic mass is 10.0. The smallest absolute Gasteiger partial charge is 0.164 e. The monoisotopic (exact) mass is 251 g/mol. The Kier molecular flexibility index (Phi) is 6.57. The van der Waals surface area contributed by atoms with E-state index in [4.69, 9.17) is 10.2 Å². The number of nitrogens with zero attached hydrogens (tertiary/aromatic N) is 1. The van der Waals surface area contributed by atoms with Gasteiger partial charge in [0, 0.05) is 31.6 Å². The Hall–Kier alpha value is -1.23. The van der Waals surface area contributed by atoms with Crippen LogP contribution < -0.4 is 0 Å². The third-order valence-corrected chi connectivity index (χ3v) is 2.93. The van der Waals surface area contributed by atoms with Gasteiger partial charge in [-0.05, 0) is 12.5 Å². The average molecular weight is 251 g/mol. The van der Waals surface area contributed by atoms with Gasteiger partial charge in [0.2, 0.25) is 0 Å². The Morgan fingerprint density at radius 2 is 1.72 bits per heavy atom. The highest BCUT2D eigenvalue weighted by Crippen LogP contribution is 2.10. The number of aliphatic hydroxyl groups excluding tert-OH is 2. The molecule has 0 aromatic heterocycles. The van der Waals surface area contributed by atoms with E-state index in [1.165, 1.54) is 0 Å². The van der Waals surface area contributed by atoms with Crippen molar-refractivity contribution in [3.63, 3.8) is 0 Å². The summed E-state index contributed by atoms with van der Waals surface area (Å²) in [5.41, 5.74) is 1.74. The van der Waals surface area contributed by atoms with E-state index in [1.807, 2.05) is 36.1 Å². The zero-order chi connectivity index (χ0) is 13.4. The Morgan fingerprint density at radius 3 is 2.28 bits per heavy atom. The van der Waals surface area contributed by atoms with Crippen molar-refractivity contribution in [1.82, 2.24) is 4.90 Å². The summed E-state index contributed by atoms with van der Waals surface area (Å²) in [4.78, 5) is 13.9. The SMILES string of the molecule is Cc1ccccc1C(=O)CCN(CCO)CCO. The highest BCUT2D eigenvalue weighted by Gasteiger charge is 2.11. The molecule has 0 aliphatic carbocycles. The fraction of sp³-hybridized carbons (Fsp3) is 0.500. The molecule has 0 saturated carbocycles. The predicted molar refractivity (Wildman–Crippen MR) is 70.7 cm³/mol. The van der Waals surface area contributed by atoms with Gasteiger partial charge in [0.25, 0.3) is 0 Å². The van der Waals surface area contributed by atoms with Gasteiger partial charge < -0.3 is 10.2 Å². The molecule has 0 bridgehead atoms. The van der Waals surface area contributed by atoms with Crippen molar-refractivity contribution in [2.45, 2.75) is 13.3 Å². The number of aryl methyl sites for hydroxylation is 1. The highest BCUT2D eigenvalue weighted by atomic mass is 16.3. The maximum atomic E-state index is 12.0. The van der Waals surface area contributed by atoms with Gasteiger partial charge in [-0.1, -0.05) is 24.3 Å². The van der Waals surface area contributed by atoms with Crippen molar-refractivity contribution in [3.05, 3.63) is 35.4 Å². The summed E-state index contributed by atoms with van der Waals surface area (Å²) in [5.74, 6) is 0.106. The Morgan fingerprint density at radius 1 is 1.11 bits per heavy atom. The number of rotatable bonds is 8. The van der Waals surface area contributed by atoms with Crippen LogP contribution in [0, 0.1) is 6.92 Å². The van der Waals surface area contributed by atoms with Crippen LogP contribution in [-0.4, -0.2) is 53.7 Å². The van der Waals surface area contributed by atoms with Crippen LogP contribution in [0.3, 0.4) is 0 Å². The van der Waals surface area contributed by atoms with E-state index in [0.29, 0.717) is 26.1 Å². The summed E-state index contributed by atoms with van der Waals surface area (Å²) in [6, 6.07) is 7.53. The summed E-state index contributed by atoms with van der Waals surface area (Å²) >= 11 is 0. The molecule has 1 rings (SSSR count). The van der Waals surface area contributed by atoms with E-state index in [2.05, 4.69) is 0 Å². The molecule has 0 atom stereocenters. The zero-order valence-electron chi connectivity index (χ0n) is 10.8. The molecule has 0 radical (unpaired) electrons. The Bertz CT molecular complexity index is 373. The minimum Gasteiger partial charge on any atom is -0.395 e. The second-order valence-corrected chi connectivity index (χ2v) is 4.28. The van der Waals surface area contributed by atoms with E-state index in [1.54, 1.807) is 0 Å². The minimum atomic E-state index is 0.0402. The molecule has 4 nitrogen and oxygen atoms in total. The lowest BCUT2D eigenvalue weighted by molar-refractivity contribution is 0.0946. The molecule has 0 spiro atoms. The maximum absolute atomic E-state index is 12.0. The van der Waals surface area contributed by atoms with Crippen molar-refractivity contribution in [2.75, 3.05) is 32.8 Å². The first-order valence-electron chi connectivity index (χ1n) is 6.22.